The molecule has 6 heteroatoms. The van der Waals surface area contributed by atoms with Gasteiger partial charge in [-0.15, -0.1) is 0 Å². The normalized spacial score (nSPS) is 24.8. The molecule has 1 fully saturated rings. The summed E-state index contributed by atoms with van der Waals surface area (Å²) in [6.07, 6.45) is 7.70. The Kier molecular flexibility index (Phi) is 3.71. The molecular formula is C11H18N4O2. The predicted molar refractivity (Wildman–Crippen MR) is 62.4 cm³/mol. The molecular weight excluding hydrogens is 220 g/mol. The predicted octanol–water partition coefficient (Wildman–Crippen LogP) is 2.40. The third-order valence-corrected chi connectivity index (χ3v) is 3.50. The van der Waals surface area contributed by atoms with Gasteiger partial charge in [-0.3, -0.25) is 0 Å². The van der Waals surface area contributed by atoms with Crippen LogP contribution in [-0.2, 0) is 6.54 Å². The van der Waals surface area contributed by atoms with Crippen molar-refractivity contribution >= 4 is 5.95 Å². The van der Waals surface area contributed by atoms with E-state index in [-0.39, 0.29) is 5.95 Å². The second-order valence-electron chi connectivity index (χ2n) is 4.99. The Hall–Kier alpha value is -1.46. The van der Waals surface area contributed by atoms with E-state index in [0.717, 1.165) is 24.8 Å². The third-order valence-electron chi connectivity index (χ3n) is 3.50. The summed E-state index contributed by atoms with van der Waals surface area (Å²) in [4.78, 5) is 13.5. The molecule has 17 heavy (non-hydrogen) atoms. The van der Waals surface area contributed by atoms with Crippen LogP contribution in [0, 0.1) is 22.0 Å². The van der Waals surface area contributed by atoms with E-state index in [1.807, 2.05) is 0 Å². The molecule has 1 aromatic rings. The third kappa shape index (κ3) is 3.25. The Bertz CT molecular complexity index is 391. The SMILES string of the molecule is CC1CCCC(CCn2cnc([N+](=O)[O-])n2)C1. The standard InChI is InChI=1S/C11H18N4O2/c1-9-3-2-4-10(7-9)5-6-14-8-12-11(13-14)15(16)17/h8-10H,2-7H2,1H3. The van der Waals surface area contributed by atoms with Crippen LogP contribution in [-0.4, -0.2) is 19.7 Å². The first-order valence-electron chi connectivity index (χ1n) is 6.19. The highest BCUT2D eigenvalue weighted by Gasteiger charge is 2.20. The van der Waals surface area contributed by atoms with Gasteiger partial charge in [0.2, 0.25) is 6.33 Å². The average Bonchev–Trinajstić information content (AvgIpc) is 2.75. The van der Waals surface area contributed by atoms with Crippen LogP contribution < -0.4 is 0 Å². The molecule has 1 aliphatic carbocycles. The molecule has 0 bridgehead atoms. The first-order chi connectivity index (χ1) is 8.15. The van der Waals surface area contributed by atoms with Gasteiger partial charge in [0, 0.05) is 5.10 Å². The molecule has 0 aliphatic heterocycles. The monoisotopic (exact) mass is 238 g/mol. The Balaban J connectivity index is 1.82. The second kappa shape index (κ2) is 5.25. The lowest BCUT2D eigenvalue weighted by molar-refractivity contribution is -0.394. The van der Waals surface area contributed by atoms with Crippen molar-refractivity contribution in [2.24, 2.45) is 11.8 Å². The van der Waals surface area contributed by atoms with E-state index in [9.17, 15) is 10.1 Å². The summed E-state index contributed by atoms with van der Waals surface area (Å²) < 4.78 is 1.58. The van der Waals surface area contributed by atoms with Crippen LogP contribution in [0.15, 0.2) is 6.33 Å². The number of rotatable bonds is 4. The largest absolute Gasteiger partial charge is 0.490 e. The van der Waals surface area contributed by atoms with Crippen LogP contribution in [0.25, 0.3) is 0 Å². The van der Waals surface area contributed by atoms with Crippen LogP contribution in [0.4, 0.5) is 5.95 Å². The van der Waals surface area contributed by atoms with Crippen molar-refractivity contribution in [2.75, 3.05) is 0 Å². The molecule has 1 aliphatic rings. The minimum Gasteiger partial charge on any atom is -0.390 e. The second-order valence-corrected chi connectivity index (χ2v) is 4.99. The van der Waals surface area contributed by atoms with Crippen molar-refractivity contribution in [3.63, 3.8) is 0 Å². The van der Waals surface area contributed by atoms with E-state index < -0.39 is 4.92 Å². The first-order valence-corrected chi connectivity index (χ1v) is 6.19. The molecule has 94 valence electrons. The summed E-state index contributed by atoms with van der Waals surface area (Å²) in [6.45, 7) is 3.03. The zero-order valence-corrected chi connectivity index (χ0v) is 10.1. The highest BCUT2D eigenvalue weighted by Crippen LogP contribution is 2.30. The first kappa shape index (κ1) is 12.0. The lowest BCUT2D eigenvalue weighted by atomic mass is 9.81. The van der Waals surface area contributed by atoms with Crippen LogP contribution in [0.2, 0.25) is 0 Å². The van der Waals surface area contributed by atoms with E-state index in [1.165, 1.54) is 32.0 Å². The molecule has 2 atom stereocenters. The van der Waals surface area contributed by atoms with Gasteiger partial charge in [0.25, 0.3) is 0 Å². The zero-order valence-electron chi connectivity index (χ0n) is 10.1. The van der Waals surface area contributed by atoms with Crippen molar-refractivity contribution in [3.8, 4) is 0 Å². The molecule has 0 spiro atoms. The summed E-state index contributed by atoms with van der Waals surface area (Å²) in [7, 11) is 0. The lowest BCUT2D eigenvalue weighted by Crippen LogP contribution is -2.15. The highest BCUT2D eigenvalue weighted by molar-refractivity contribution is 4.96. The maximum Gasteiger partial charge on any atom is 0.490 e. The quantitative estimate of drug-likeness (QED) is 0.596. The zero-order chi connectivity index (χ0) is 12.3. The van der Waals surface area contributed by atoms with Gasteiger partial charge in [-0.25, -0.2) is 0 Å². The minimum atomic E-state index is -0.556. The van der Waals surface area contributed by atoms with Gasteiger partial charge in [0.15, 0.2) is 0 Å². The molecule has 2 unspecified atom stereocenters. The smallest absolute Gasteiger partial charge is 0.390 e. The molecule has 2 rings (SSSR count). The maximum absolute atomic E-state index is 10.4. The average molecular weight is 238 g/mol. The summed E-state index contributed by atoms with van der Waals surface area (Å²) in [6, 6.07) is 0. The molecule has 1 heterocycles. The van der Waals surface area contributed by atoms with Crippen LogP contribution in [0.1, 0.15) is 39.0 Å². The van der Waals surface area contributed by atoms with E-state index in [2.05, 4.69) is 17.0 Å². The molecule has 6 nitrogen and oxygen atoms in total. The van der Waals surface area contributed by atoms with Gasteiger partial charge < -0.3 is 10.1 Å². The molecule has 0 amide bonds. The Morgan fingerprint density at radius 3 is 3.06 bits per heavy atom. The topological polar surface area (TPSA) is 73.8 Å². The van der Waals surface area contributed by atoms with Crippen LogP contribution in [0.5, 0.6) is 0 Å². The number of nitrogens with zero attached hydrogens (tertiary/aromatic N) is 4. The number of hydrogen-bond donors (Lipinski definition) is 0. The van der Waals surface area contributed by atoms with E-state index >= 15 is 0 Å². The fourth-order valence-electron chi connectivity index (χ4n) is 2.61. The van der Waals surface area contributed by atoms with Gasteiger partial charge >= 0.3 is 5.95 Å². The van der Waals surface area contributed by atoms with Crippen LogP contribution in [0.3, 0.4) is 0 Å². The fourth-order valence-corrected chi connectivity index (χ4v) is 2.61. The summed E-state index contributed by atoms with van der Waals surface area (Å²) in [5.41, 5.74) is 0. The molecule has 0 saturated heterocycles. The Morgan fingerprint density at radius 2 is 2.41 bits per heavy atom. The van der Waals surface area contributed by atoms with Gasteiger partial charge in [0.1, 0.15) is 0 Å². The molecule has 0 aromatic carbocycles. The van der Waals surface area contributed by atoms with Crippen molar-refractivity contribution < 1.29 is 4.92 Å². The van der Waals surface area contributed by atoms with E-state index in [4.69, 9.17) is 0 Å². The lowest BCUT2D eigenvalue weighted by Gasteiger charge is -2.26. The van der Waals surface area contributed by atoms with Crippen molar-refractivity contribution in [3.05, 3.63) is 16.4 Å². The highest BCUT2D eigenvalue weighted by atomic mass is 16.6. The van der Waals surface area contributed by atoms with E-state index in [0.29, 0.717) is 0 Å². The van der Waals surface area contributed by atoms with E-state index in [1.54, 1.807) is 4.68 Å². The minimum absolute atomic E-state index is 0.304. The molecule has 0 radical (unpaired) electrons. The fraction of sp³-hybridized carbons (Fsp3) is 0.818. The molecule has 0 N–H and O–H groups in total. The number of hydrogen-bond acceptors (Lipinski definition) is 4. The van der Waals surface area contributed by atoms with Gasteiger partial charge in [-0.1, -0.05) is 31.2 Å². The van der Waals surface area contributed by atoms with Crippen molar-refractivity contribution in [1.82, 2.24) is 14.8 Å². The van der Waals surface area contributed by atoms with Gasteiger partial charge in [-0.05, 0) is 29.6 Å². The van der Waals surface area contributed by atoms with Gasteiger partial charge in [-0.2, -0.15) is 4.68 Å². The number of aryl methyl sites for hydroxylation is 1. The number of nitro groups is 1. The summed E-state index contributed by atoms with van der Waals surface area (Å²) >= 11 is 0. The Labute approximate surface area is 100 Å². The molecule has 1 aromatic heterocycles. The number of aromatic nitrogens is 3. The maximum atomic E-state index is 10.4. The van der Waals surface area contributed by atoms with Crippen LogP contribution >= 0.6 is 0 Å². The van der Waals surface area contributed by atoms with Crippen molar-refractivity contribution in [2.45, 2.75) is 45.6 Å². The summed E-state index contributed by atoms with van der Waals surface area (Å²) in [5.74, 6) is 1.25. The summed E-state index contributed by atoms with van der Waals surface area (Å²) in [5, 5.41) is 14.3. The molecule has 1 saturated carbocycles. The van der Waals surface area contributed by atoms with Gasteiger partial charge in [0.05, 0.1) is 6.54 Å². The van der Waals surface area contributed by atoms with Crippen molar-refractivity contribution in [1.29, 1.82) is 0 Å². The Morgan fingerprint density at radius 1 is 1.59 bits per heavy atom.